The summed E-state index contributed by atoms with van der Waals surface area (Å²) in [5, 5.41) is 24.0. The highest BCUT2D eigenvalue weighted by Gasteiger charge is 2.39. The van der Waals surface area contributed by atoms with Crippen LogP contribution in [0.25, 0.3) is 0 Å². The van der Waals surface area contributed by atoms with E-state index in [1.54, 1.807) is 30.3 Å². The van der Waals surface area contributed by atoms with E-state index in [2.05, 4.69) is 10.6 Å². The molecule has 0 aromatic heterocycles. The molecule has 2 rings (SSSR count). The second-order valence-electron chi connectivity index (χ2n) is 8.61. The smallest absolute Gasteiger partial charge is 0.326 e. The first-order valence-corrected chi connectivity index (χ1v) is 11.4. The van der Waals surface area contributed by atoms with Gasteiger partial charge >= 0.3 is 5.97 Å². The number of hydrogen-bond acceptors (Lipinski definition) is 7. The molecule has 1 aromatic rings. The molecule has 5 unspecified atom stereocenters. The molecule has 35 heavy (non-hydrogen) atoms. The Bertz CT molecular complexity index is 924. The van der Waals surface area contributed by atoms with Crippen LogP contribution in [0.4, 0.5) is 0 Å². The minimum atomic E-state index is -1.34. The van der Waals surface area contributed by atoms with Gasteiger partial charge in [0.05, 0.1) is 6.10 Å². The van der Waals surface area contributed by atoms with Gasteiger partial charge in [0.15, 0.2) is 0 Å². The first-order valence-electron chi connectivity index (χ1n) is 11.4. The monoisotopic (exact) mass is 491 g/mol. The largest absolute Gasteiger partial charge is 0.480 e. The number of hydrogen-bond donors (Lipinski definition) is 6. The summed E-state index contributed by atoms with van der Waals surface area (Å²) < 4.78 is 0. The van der Waals surface area contributed by atoms with Crippen LogP contribution in [-0.4, -0.2) is 81.5 Å². The SMILES string of the molecule is CC(O)C(N)C(=O)NC(Cc1ccccc1)C(=O)N1CCCC1C(=O)NC(CCC(N)=O)C(=O)O. The van der Waals surface area contributed by atoms with E-state index in [1.165, 1.54) is 11.8 Å². The Labute approximate surface area is 203 Å². The van der Waals surface area contributed by atoms with Crippen LogP contribution in [0.3, 0.4) is 0 Å². The molecule has 1 fully saturated rings. The van der Waals surface area contributed by atoms with Crippen molar-refractivity contribution in [3.05, 3.63) is 35.9 Å². The normalized spacial score (nSPS) is 18.7. The first-order chi connectivity index (χ1) is 16.5. The summed E-state index contributed by atoms with van der Waals surface area (Å²) in [5.74, 6) is -3.93. The molecule has 4 amide bonds. The molecule has 0 bridgehead atoms. The average Bonchev–Trinajstić information content (AvgIpc) is 3.30. The molecule has 0 radical (unpaired) electrons. The average molecular weight is 492 g/mol. The number of nitrogens with zero attached hydrogens (tertiary/aromatic N) is 1. The summed E-state index contributed by atoms with van der Waals surface area (Å²) in [6, 6.07) is 4.34. The number of benzene rings is 1. The van der Waals surface area contributed by atoms with E-state index in [4.69, 9.17) is 11.5 Å². The zero-order chi connectivity index (χ0) is 26.1. The molecule has 5 atom stereocenters. The van der Waals surface area contributed by atoms with Gasteiger partial charge < -0.3 is 37.2 Å². The van der Waals surface area contributed by atoms with Crippen molar-refractivity contribution in [1.29, 1.82) is 0 Å². The van der Waals surface area contributed by atoms with E-state index in [9.17, 15) is 34.2 Å². The number of carbonyl (C=O) groups is 5. The van der Waals surface area contributed by atoms with Crippen molar-refractivity contribution in [2.45, 2.75) is 69.3 Å². The molecule has 12 nitrogen and oxygen atoms in total. The van der Waals surface area contributed by atoms with Crippen molar-refractivity contribution < 1.29 is 34.2 Å². The number of rotatable bonds is 12. The van der Waals surface area contributed by atoms with Gasteiger partial charge in [0.1, 0.15) is 24.2 Å². The Balaban J connectivity index is 2.19. The van der Waals surface area contributed by atoms with Gasteiger partial charge in [-0.05, 0) is 31.7 Å². The molecular formula is C23H33N5O7. The molecule has 1 saturated heterocycles. The minimum Gasteiger partial charge on any atom is -0.480 e. The second kappa shape index (κ2) is 12.8. The third-order valence-corrected chi connectivity index (χ3v) is 5.85. The maximum absolute atomic E-state index is 13.5. The highest BCUT2D eigenvalue weighted by Crippen LogP contribution is 2.20. The van der Waals surface area contributed by atoms with E-state index in [0.29, 0.717) is 12.8 Å². The van der Waals surface area contributed by atoms with Gasteiger partial charge in [0.25, 0.3) is 0 Å². The topological polar surface area (TPSA) is 205 Å². The Kier molecular flexibility index (Phi) is 10.2. The Morgan fingerprint density at radius 1 is 1.11 bits per heavy atom. The zero-order valence-electron chi connectivity index (χ0n) is 19.6. The van der Waals surface area contributed by atoms with E-state index >= 15 is 0 Å². The van der Waals surface area contributed by atoms with E-state index in [-0.39, 0.29) is 25.8 Å². The van der Waals surface area contributed by atoms with Gasteiger partial charge in [-0.2, -0.15) is 0 Å². The third kappa shape index (κ3) is 8.04. The first kappa shape index (κ1) is 27.7. The number of likely N-dealkylation sites (tertiary alicyclic amines) is 1. The standard InChI is InChI=1S/C23H33N5O7/c1-13(29)19(25)21(32)27-16(12-14-6-3-2-4-7-14)22(33)28-11-5-8-17(28)20(31)26-15(23(34)35)9-10-18(24)30/h2-4,6-7,13,15-17,19,29H,5,8-12,25H2,1H3,(H2,24,30)(H,26,31)(H,27,32)(H,34,35). The summed E-state index contributed by atoms with van der Waals surface area (Å²) in [6.07, 6.45) is -0.610. The van der Waals surface area contributed by atoms with Gasteiger partial charge in [0, 0.05) is 19.4 Å². The number of carboxylic acids is 1. The highest BCUT2D eigenvalue weighted by atomic mass is 16.4. The lowest BCUT2D eigenvalue weighted by molar-refractivity contribution is -0.145. The fourth-order valence-electron chi connectivity index (χ4n) is 3.85. The summed E-state index contributed by atoms with van der Waals surface area (Å²) in [6.45, 7) is 1.59. The number of carbonyl (C=O) groups excluding carboxylic acids is 4. The molecule has 1 heterocycles. The van der Waals surface area contributed by atoms with E-state index < -0.39 is 59.9 Å². The summed E-state index contributed by atoms with van der Waals surface area (Å²) in [7, 11) is 0. The highest BCUT2D eigenvalue weighted by molar-refractivity contribution is 5.94. The number of primary amides is 1. The van der Waals surface area contributed by atoms with E-state index in [0.717, 1.165) is 5.56 Å². The molecule has 8 N–H and O–H groups in total. The summed E-state index contributed by atoms with van der Waals surface area (Å²) in [5.41, 5.74) is 11.6. The number of aliphatic hydroxyl groups excluding tert-OH is 1. The number of aliphatic hydroxyl groups is 1. The minimum absolute atomic E-state index is 0.124. The summed E-state index contributed by atoms with van der Waals surface area (Å²) >= 11 is 0. The number of nitrogens with two attached hydrogens (primary N) is 2. The lowest BCUT2D eigenvalue weighted by Crippen LogP contribution is -2.58. The van der Waals surface area contributed by atoms with Gasteiger partial charge in [0.2, 0.25) is 23.6 Å². The van der Waals surface area contributed by atoms with E-state index in [1.807, 2.05) is 0 Å². The maximum Gasteiger partial charge on any atom is 0.326 e. The molecule has 0 spiro atoms. The van der Waals surface area contributed by atoms with Crippen molar-refractivity contribution in [3.8, 4) is 0 Å². The van der Waals surface area contributed by atoms with Crippen LogP contribution in [0.5, 0.6) is 0 Å². The van der Waals surface area contributed by atoms with Gasteiger partial charge in [-0.15, -0.1) is 0 Å². The van der Waals surface area contributed by atoms with Crippen LogP contribution >= 0.6 is 0 Å². The fourth-order valence-corrected chi connectivity index (χ4v) is 3.85. The van der Waals surface area contributed by atoms with Crippen molar-refractivity contribution in [3.63, 3.8) is 0 Å². The van der Waals surface area contributed by atoms with Gasteiger partial charge in [-0.25, -0.2) is 4.79 Å². The zero-order valence-corrected chi connectivity index (χ0v) is 19.6. The van der Waals surface area contributed by atoms with Crippen LogP contribution in [0.1, 0.15) is 38.2 Å². The van der Waals surface area contributed by atoms with Crippen molar-refractivity contribution in [1.82, 2.24) is 15.5 Å². The molecule has 1 aliphatic heterocycles. The fraction of sp³-hybridized carbons (Fsp3) is 0.522. The molecular weight excluding hydrogens is 458 g/mol. The molecule has 12 heteroatoms. The van der Waals surface area contributed by atoms with Crippen LogP contribution in [-0.2, 0) is 30.4 Å². The Morgan fingerprint density at radius 3 is 2.34 bits per heavy atom. The van der Waals surface area contributed by atoms with Gasteiger partial charge in [-0.1, -0.05) is 30.3 Å². The maximum atomic E-state index is 13.5. The van der Waals surface area contributed by atoms with Crippen LogP contribution in [0.15, 0.2) is 30.3 Å². The molecule has 192 valence electrons. The number of nitrogens with one attached hydrogen (secondary N) is 2. The van der Waals surface area contributed by atoms with Crippen LogP contribution in [0.2, 0.25) is 0 Å². The predicted octanol–water partition coefficient (Wildman–Crippen LogP) is -1.75. The van der Waals surface area contributed by atoms with Crippen molar-refractivity contribution >= 4 is 29.6 Å². The van der Waals surface area contributed by atoms with Crippen molar-refractivity contribution in [2.24, 2.45) is 11.5 Å². The van der Waals surface area contributed by atoms with Crippen molar-refractivity contribution in [2.75, 3.05) is 6.54 Å². The Morgan fingerprint density at radius 2 is 1.77 bits per heavy atom. The molecule has 0 saturated carbocycles. The van der Waals surface area contributed by atoms with Gasteiger partial charge in [-0.3, -0.25) is 19.2 Å². The quantitative estimate of drug-likeness (QED) is 0.197. The molecule has 1 aromatic carbocycles. The van der Waals surface area contributed by atoms with Crippen LogP contribution < -0.4 is 22.1 Å². The Hall–Kier alpha value is -3.51. The second-order valence-corrected chi connectivity index (χ2v) is 8.61. The number of amides is 4. The lowest BCUT2D eigenvalue weighted by Gasteiger charge is -2.30. The van der Waals surface area contributed by atoms with Crippen LogP contribution in [0, 0.1) is 0 Å². The lowest BCUT2D eigenvalue weighted by atomic mass is 10.0. The summed E-state index contributed by atoms with van der Waals surface area (Å²) in [4.78, 5) is 62.7. The molecule has 1 aliphatic rings. The number of carboxylic acid groups (broad SMARTS) is 1. The number of aliphatic carboxylic acids is 1. The predicted molar refractivity (Wildman–Crippen MR) is 124 cm³/mol. The molecule has 0 aliphatic carbocycles. The third-order valence-electron chi connectivity index (χ3n) is 5.85.